The third-order valence-electron chi connectivity index (χ3n) is 1.31. The van der Waals surface area contributed by atoms with Gasteiger partial charge in [-0.15, -0.1) is 0 Å². The number of esters is 1. The van der Waals surface area contributed by atoms with Gasteiger partial charge in [-0.25, -0.2) is 9.59 Å². The number of rotatable bonds is 1. The van der Waals surface area contributed by atoms with E-state index in [4.69, 9.17) is 0 Å². The Balaban J connectivity index is 2.27. The topological polar surface area (TPSA) is 81.4 Å². The van der Waals surface area contributed by atoms with Crippen molar-refractivity contribution in [2.75, 3.05) is 6.54 Å². The van der Waals surface area contributed by atoms with Gasteiger partial charge in [0, 0.05) is 0 Å². The van der Waals surface area contributed by atoms with E-state index in [-0.39, 0.29) is 6.04 Å². The van der Waals surface area contributed by atoms with Crippen molar-refractivity contribution in [2.45, 2.75) is 12.5 Å². The molecule has 1 atom stereocenters. The summed E-state index contributed by atoms with van der Waals surface area (Å²) < 4.78 is 4.09. The quantitative estimate of drug-likeness (QED) is 0.364. The van der Waals surface area contributed by atoms with Gasteiger partial charge in [0.05, 0.1) is 0 Å². The van der Waals surface area contributed by atoms with E-state index >= 15 is 0 Å². The summed E-state index contributed by atoms with van der Waals surface area (Å²) in [6.07, 6.45) is -0.328. The number of hydrogen-bond donors (Lipinski definition) is 2. The van der Waals surface area contributed by atoms with Gasteiger partial charge in [-0.05, 0) is 13.0 Å². The Morgan fingerprint density at radius 1 is 1.60 bits per heavy atom. The second-order valence-electron chi connectivity index (χ2n) is 2.04. The van der Waals surface area contributed by atoms with E-state index in [1.165, 1.54) is 0 Å². The third-order valence-corrected chi connectivity index (χ3v) is 1.31. The molecule has 0 saturated carbocycles. The number of primary amides is 1. The highest BCUT2D eigenvalue weighted by atomic mass is 16.6. The van der Waals surface area contributed by atoms with Crippen LogP contribution in [0.2, 0.25) is 0 Å². The highest BCUT2D eigenvalue weighted by Crippen LogP contribution is 2.03. The zero-order valence-corrected chi connectivity index (χ0v) is 5.29. The largest absolute Gasteiger partial charge is 0.412 e. The number of ether oxygens (including phenoxy) is 1. The van der Waals surface area contributed by atoms with Gasteiger partial charge in [0.15, 0.2) is 0 Å². The van der Waals surface area contributed by atoms with Gasteiger partial charge in [-0.2, -0.15) is 0 Å². The molecule has 1 aliphatic heterocycles. The van der Waals surface area contributed by atoms with Crippen LogP contribution in [0.25, 0.3) is 0 Å². The van der Waals surface area contributed by atoms with Crippen molar-refractivity contribution < 1.29 is 14.3 Å². The average molecular weight is 144 g/mol. The van der Waals surface area contributed by atoms with Crippen molar-refractivity contribution in [2.24, 2.45) is 5.73 Å². The molecule has 1 amide bonds. The minimum absolute atomic E-state index is 0.326. The molecule has 0 aromatic rings. The predicted octanol–water partition coefficient (Wildman–Crippen LogP) is -1.03. The van der Waals surface area contributed by atoms with Gasteiger partial charge < -0.3 is 15.8 Å². The van der Waals surface area contributed by atoms with E-state index in [1.54, 1.807) is 0 Å². The average Bonchev–Trinajstić information content (AvgIpc) is 1.55. The second-order valence-corrected chi connectivity index (χ2v) is 2.04. The Morgan fingerprint density at radius 2 is 2.20 bits per heavy atom. The Morgan fingerprint density at radius 3 is 2.50 bits per heavy atom. The first kappa shape index (κ1) is 7.01. The molecule has 1 fully saturated rings. The minimum Gasteiger partial charge on any atom is -0.375 e. The summed E-state index contributed by atoms with van der Waals surface area (Å²) in [7, 11) is 0. The lowest BCUT2D eigenvalue weighted by molar-refractivity contribution is -0.141. The molecule has 1 saturated heterocycles. The van der Waals surface area contributed by atoms with Gasteiger partial charge in [-0.1, -0.05) is 0 Å². The summed E-state index contributed by atoms with van der Waals surface area (Å²) in [5.41, 5.74) is 4.60. The summed E-state index contributed by atoms with van der Waals surface area (Å²) in [5, 5.41) is 2.77. The highest BCUT2D eigenvalue weighted by molar-refractivity contribution is 5.87. The number of carbonyl (C=O) groups excluding carboxylic acids is 2. The molecule has 0 spiro atoms. The first-order valence-corrected chi connectivity index (χ1v) is 2.94. The lowest BCUT2D eigenvalue weighted by Gasteiger charge is -2.24. The summed E-state index contributed by atoms with van der Waals surface area (Å²) in [5.74, 6) is -0.584. The smallest absolute Gasteiger partial charge is 0.375 e. The van der Waals surface area contributed by atoms with Crippen molar-refractivity contribution >= 4 is 12.1 Å². The van der Waals surface area contributed by atoms with Crippen LogP contribution in [-0.4, -0.2) is 24.6 Å². The zero-order chi connectivity index (χ0) is 7.56. The number of carbonyl (C=O) groups is 2. The SMILES string of the molecule is NC(=O)OC(=O)C1CCN1. The molecule has 3 N–H and O–H groups in total. The zero-order valence-electron chi connectivity index (χ0n) is 5.29. The third kappa shape index (κ3) is 1.44. The molecule has 1 heterocycles. The van der Waals surface area contributed by atoms with Gasteiger partial charge >= 0.3 is 12.1 Å². The Kier molecular flexibility index (Phi) is 1.86. The highest BCUT2D eigenvalue weighted by Gasteiger charge is 2.26. The van der Waals surface area contributed by atoms with Crippen molar-refractivity contribution in [3.63, 3.8) is 0 Å². The van der Waals surface area contributed by atoms with Crippen molar-refractivity contribution in [3.8, 4) is 0 Å². The molecule has 0 aromatic carbocycles. The van der Waals surface area contributed by atoms with Crippen molar-refractivity contribution in [1.29, 1.82) is 0 Å². The molecule has 5 nitrogen and oxygen atoms in total. The molecular weight excluding hydrogens is 136 g/mol. The molecule has 1 aliphatic rings. The number of amides is 1. The maximum atomic E-state index is 10.7. The predicted molar refractivity (Wildman–Crippen MR) is 32.1 cm³/mol. The maximum absolute atomic E-state index is 10.7. The molecule has 10 heavy (non-hydrogen) atoms. The van der Waals surface area contributed by atoms with E-state index in [0.717, 1.165) is 6.54 Å². The number of hydrogen-bond acceptors (Lipinski definition) is 4. The summed E-state index contributed by atoms with van der Waals surface area (Å²) in [6, 6.07) is -0.326. The second kappa shape index (κ2) is 2.66. The van der Waals surface area contributed by atoms with Crippen molar-refractivity contribution in [1.82, 2.24) is 5.32 Å². The molecular formula is C5H8N2O3. The van der Waals surface area contributed by atoms with Crippen LogP contribution in [0.5, 0.6) is 0 Å². The number of nitrogens with one attached hydrogen (secondary N) is 1. The molecule has 0 radical (unpaired) electrons. The fraction of sp³-hybridized carbons (Fsp3) is 0.600. The normalized spacial score (nSPS) is 23.0. The molecule has 56 valence electrons. The maximum Gasteiger partial charge on any atom is 0.412 e. The lowest BCUT2D eigenvalue weighted by Crippen LogP contribution is -2.50. The van der Waals surface area contributed by atoms with Crippen LogP contribution in [-0.2, 0) is 9.53 Å². The Bertz CT molecular complexity index is 164. The number of nitrogens with two attached hydrogens (primary N) is 1. The molecule has 0 aromatic heterocycles. The van der Waals surface area contributed by atoms with Crippen LogP contribution in [0.15, 0.2) is 0 Å². The molecule has 0 aliphatic carbocycles. The summed E-state index contributed by atoms with van der Waals surface area (Å²) in [4.78, 5) is 20.7. The van der Waals surface area contributed by atoms with E-state index < -0.39 is 12.1 Å². The Labute approximate surface area is 57.5 Å². The van der Waals surface area contributed by atoms with E-state index in [1.807, 2.05) is 0 Å². The first-order chi connectivity index (χ1) is 4.70. The van der Waals surface area contributed by atoms with E-state index in [9.17, 15) is 9.59 Å². The van der Waals surface area contributed by atoms with Crippen LogP contribution < -0.4 is 11.1 Å². The van der Waals surface area contributed by atoms with Crippen LogP contribution in [0.3, 0.4) is 0 Å². The van der Waals surface area contributed by atoms with Crippen molar-refractivity contribution in [3.05, 3.63) is 0 Å². The lowest BCUT2D eigenvalue weighted by atomic mass is 10.1. The first-order valence-electron chi connectivity index (χ1n) is 2.94. The van der Waals surface area contributed by atoms with Crippen LogP contribution in [0.1, 0.15) is 6.42 Å². The molecule has 0 bridgehead atoms. The molecule has 5 heteroatoms. The minimum atomic E-state index is -1.04. The van der Waals surface area contributed by atoms with Crippen LogP contribution in [0.4, 0.5) is 4.79 Å². The van der Waals surface area contributed by atoms with E-state index in [0.29, 0.717) is 6.42 Å². The van der Waals surface area contributed by atoms with Gasteiger partial charge in [-0.3, -0.25) is 0 Å². The van der Waals surface area contributed by atoms with Crippen LogP contribution >= 0.6 is 0 Å². The molecule has 1 unspecified atom stereocenters. The molecule has 1 rings (SSSR count). The van der Waals surface area contributed by atoms with E-state index in [2.05, 4.69) is 15.8 Å². The van der Waals surface area contributed by atoms with Gasteiger partial charge in [0.2, 0.25) is 0 Å². The standard InChI is InChI=1S/C5H8N2O3/c6-5(9)10-4(8)3-1-2-7-3/h3,7H,1-2H2,(H2,6,9). The summed E-state index contributed by atoms with van der Waals surface area (Å²) in [6.45, 7) is 0.790. The Hall–Kier alpha value is -1.10. The van der Waals surface area contributed by atoms with Crippen LogP contribution in [0, 0.1) is 0 Å². The summed E-state index contributed by atoms with van der Waals surface area (Å²) >= 11 is 0. The fourth-order valence-electron chi connectivity index (χ4n) is 0.660. The monoisotopic (exact) mass is 144 g/mol. The van der Waals surface area contributed by atoms with Gasteiger partial charge in [0.25, 0.3) is 0 Å². The van der Waals surface area contributed by atoms with Gasteiger partial charge in [0.1, 0.15) is 6.04 Å². The fourth-order valence-corrected chi connectivity index (χ4v) is 0.660.